The second kappa shape index (κ2) is 5.36. The van der Waals surface area contributed by atoms with Crippen LogP contribution in [0.15, 0.2) is 41.3 Å². The Balaban J connectivity index is 1.70. The number of carbonyl (C=O) groups excluding carboxylic acids is 1. The minimum absolute atomic E-state index is 0.0489. The molecular weight excluding hydrogens is 290 g/mol. The van der Waals surface area contributed by atoms with Crippen molar-refractivity contribution < 1.29 is 17.9 Å². The predicted molar refractivity (Wildman–Crippen MR) is 77.3 cm³/mol. The molecule has 1 aromatic carbocycles. The maximum Gasteiger partial charge on any atom is 0.240 e. The van der Waals surface area contributed by atoms with Crippen molar-refractivity contribution >= 4 is 15.8 Å². The number of ether oxygens (including phenoxy) is 1. The van der Waals surface area contributed by atoms with E-state index in [9.17, 15) is 13.2 Å². The molecule has 112 valence electrons. The number of ketones is 1. The molecule has 2 heterocycles. The topological polar surface area (TPSA) is 72.5 Å². The number of rotatable bonds is 4. The van der Waals surface area contributed by atoms with Gasteiger partial charge in [-0.25, -0.2) is 13.1 Å². The molecule has 1 fully saturated rings. The quantitative estimate of drug-likeness (QED) is 0.848. The summed E-state index contributed by atoms with van der Waals surface area (Å²) in [6.07, 6.45) is 3.60. The van der Waals surface area contributed by atoms with Gasteiger partial charge in [0.15, 0.2) is 0 Å². The van der Waals surface area contributed by atoms with Crippen molar-refractivity contribution in [1.29, 1.82) is 0 Å². The molecule has 2 aliphatic heterocycles. The molecule has 0 radical (unpaired) electrons. The zero-order valence-electron chi connectivity index (χ0n) is 11.7. The molecule has 3 rings (SSSR count). The third-order valence-corrected chi connectivity index (χ3v) is 5.32. The van der Waals surface area contributed by atoms with Crippen LogP contribution in [0, 0.1) is 12.8 Å². The van der Waals surface area contributed by atoms with E-state index in [1.807, 2.05) is 19.1 Å². The molecule has 1 N–H and O–H groups in total. The Bertz CT molecular complexity index is 678. The van der Waals surface area contributed by atoms with Crippen molar-refractivity contribution in [2.45, 2.75) is 30.4 Å². The number of aryl methyl sites for hydroxylation is 1. The third kappa shape index (κ3) is 2.92. The van der Waals surface area contributed by atoms with E-state index in [4.69, 9.17) is 4.74 Å². The van der Waals surface area contributed by atoms with Crippen molar-refractivity contribution in [2.75, 3.05) is 6.54 Å². The van der Waals surface area contributed by atoms with Gasteiger partial charge in [0, 0.05) is 13.0 Å². The Labute approximate surface area is 124 Å². The van der Waals surface area contributed by atoms with Gasteiger partial charge >= 0.3 is 0 Å². The van der Waals surface area contributed by atoms with Crippen LogP contribution in [0.4, 0.5) is 0 Å². The number of hydrogen-bond donors (Lipinski definition) is 1. The highest BCUT2D eigenvalue weighted by molar-refractivity contribution is 7.89. The SMILES string of the molecule is Cc1ccc(S(=O)(=O)NC[C@@H]2C(=O)C[C@@H]3C=C[C@H]2O3)cc1. The van der Waals surface area contributed by atoms with Gasteiger partial charge in [-0.3, -0.25) is 4.79 Å². The fourth-order valence-corrected chi connectivity index (χ4v) is 3.69. The fourth-order valence-electron chi connectivity index (χ4n) is 2.63. The Hall–Kier alpha value is -1.50. The molecule has 2 bridgehead atoms. The maximum absolute atomic E-state index is 12.2. The lowest BCUT2D eigenvalue weighted by molar-refractivity contribution is -0.135. The van der Waals surface area contributed by atoms with E-state index in [1.165, 1.54) is 0 Å². The van der Waals surface area contributed by atoms with Crippen molar-refractivity contribution in [2.24, 2.45) is 5.92 Å². The zero-order valence-corrected chi connectivity index (χ0v) is 12.5. The van der Waals surface area contributed by atoms with E-state index in [0.29, 0.717) is 6.42 Å². The van der Waals surface area contributed by atoms with Crippen LogP contribution in [0.2, 0.25) is 0 Å². The summed E-state index contributed by atoms with van der Waals surface area (Å²) in [6, 6.07) is 6.60. The van der Waals surface area contributed by atoms with Crippen LogP contribution in [0.3, 0.4) is 0 Å². The summed E-state index contributed by atoms with van der Waals surface area (Å²) < 4.78 is 32.5. The van der Waals surface area contributed by atoms with Crippen LogP contribution in [0.25, 0.3) is 0 Å². The molecule has 0 saturated carbocycles. The Kier molecular flexibility index (Phi) is 3.69. The van der Waals surface area contributed by atoms with Gasteiger partial charge in [-0.15, -0.1) is 0 Å². The second-order valence-corrected chi connectivity index (χ2v) is 7.23. The van der Waals surface area contributed by atoms with Crippen LogP contribution in [-0.2, 0) is 19.6 Å². The van der Waals surface area contributed by atoms with Crippen LogP contribution >= 0.6 is 0 Å². The largest absolute Gasteiger partial charge is 0.366 e. The predicted octanol–water partition coefficient (Wildman–Crippen LogP) is 1.19. The first-order valence-corrected chi connectivity index (χ1v) is 8.37. The molecule has 0 aliphatic carbocycles. The average molecular weight is 307 g/mol. The first kappa shape index (κ1) is 14.4. The molecule has 21 heavy (non-hydrogen) atoms. The molecule has 1 saturated heterocycles. The molecule has 6 heteroatoms. The molecule has 0 amide bonds. The lowest BCUT2D eigenvalue weighted by Crippen LogP contribution is -2.43. The highest BCUT2D eigenvalue weighted by atomic mass is 32.2. The number of Topliss-reactive ketones (excluding diaryl/α,β-unsaturated/α-hetero) is 1. The molecular formula is C15H17NO4S. The van der Waals surface area contributed by atoms with Crippen molar-refractivity contribution in [1.82, 2.24) is 4.72 Å². The van der Waals surface area contributed by atoms with Crippen LogP contribution in [-0.4, -0.2) is 33.0 Å². The second-order valence-electron chi connectivity index (χ2n) is 5.47. The van der Waals surface area contributed by atoms with Crippen LogP contribution in [0.1, 0.15) is 12.0 Å². The van der Waals surface area contributed by atoms with Gasteiger partial charge in [-0.05, 0) is 19.1 Å². The lowest BCUT2D eigenvalue weighted by Gasteiger charge is -2.28. The van der Waals surface area contributed by atoms with Crippen molar-refractivity contribution in [3.63, 3.8) is 0 Å². The average Bonchev–Trinajstić information content (AvgIpc) is 2.82. The highest BCUT2D eigenvalue weighted by Gasteiger charge is 2.39. The summed E-state index contributed by atoms with van der Waals surface area (Å²) in [4.78, 5) is 12.2. The number of carbonyl (C=O) groups is 1. The third-order valence-electron chi connectivity index (χ3n) is 3.88. The summed E-state index contributed by atoms with van der Waals surface area (Å²) in [5.41, 5.74) is 0.993. The summed E-state index contributed by atoms with van der Waals surface area (Å²) in [6.45, 7) is 1.96. The van der Waals surface area contributed by atoms with E-state index in [0.717, 1.165) is 5.56 Å². The minimum Gasteiger partial charge on any atom is -0.366 e. The molecule has 2 aliphatic rings. The first-order chi connectivity index (χ1) is 9.95. The van der Waals surface area contributed by atoms with Crippen molar-refractivity contribution in [3.05, 3.63) is 42.0 Å². The standard InChI is InChI=1S/C15H17NO4S/c1-10-2-5-12(6-3-10)21(18,19)16-9-13-14(17)8-11-4-7-15(13)20-11/h2-7,11,13,15-16H,8-9H2,1H3/t11-,13+,15+/m0/s1. The van der Waals surface area contributed by atoms with Crippen molar-refractivity contribution in [3.8, 4) is 0 Å². The van der Waals surface area contributed by atoms with E-state index < -0.39 is 15.9 Å². The summed E-state index contributed by atoms with van der Waals surface area (Å²) in [5.74, 6) is -0.395. The van der Waals surface area contributed by atoms with E-state index in [-0.39, 0.29) is 29.4 Å². The van der Waals surface area contributed by atoms with Crippen LogP contribution in [0.5, 0.6) is 0 Å². The first-order valence-electron chi connectivity index (χ1n) is 6.88. The normalized spacial score (nSPS) is 28.0. The van der Waals surface area contributed by atoms with E-state index in [1.54, 1.807) is 24.3 Å². The molecule has 5 nitrogen and oxygen atoms in total. The Morgan fingerprint density at radius 3 is 2.67 bits per heavy atom. The maximum atomic E-state index is 12.2. The zero-order chi connectivity index (χ0) is 15.0. The summed E-state index contributed by atoms with van der Waals surface area (Å²) in [7, 11) is -3.60. The van der Waals surface area contributed by atoms with E-state index in [2.05, 4.69) is 4.72 Å². The van der Waals surface area contributed by atoms with Gasteiger partial charge in [0.1, 0.15) is 5.78 Å². The number of benzene rings is 1. The minimum atomic E-state index is -3.60. The lowest BCUT2D eigenvalue weighted by atomic mass is 9.94. The fraction of sp³-hybridized carbons (Fsp3) is 0.400. The molecule has 0 unspecified atom stereocenters. The number of sulfonamides is 1. The highest BCUT2D eigenvalue weighted by Crippen LogP contribution is 2.29. The van der Waals surface area contributed by atoms with Gasteiger partial charge in [-0.1, -0.05) is 29.8 Å². The van der Waals surface area contributed by atoms with Gasteiger partial charge in [0.05, 0.1) is 23.0 Å². The molecule has 0 aromatic heterocycles. The summed E-state index contributed by atoms with van der Waals surface area (Å²) >= 11 is 0. The van der Waals surface area contributed by atoms with Crippen LogP contribution < -0.4 is 4.72 Å². The summed E-state index contributed by atoms with van der Waals surface area (Å²) in [5, 5.41) is 0. The smallest absolute Gasteiger partial charge is 0.240 e. The van der Waals surface area contributed by atoms with E-state index >= 15 is 0 Å². The molecule has 3 atom stereocenters. The number of nitrogens with one attached hydrogen (secondary N) is 1. The number of fused-ring (bicyclic) bond motifs is 2. The molecule has 1 aromatic rings. The monoisotopic (exact) mass is 307 g/mol. The van der Waals surface area contributed by atoms with Gasteiger partial charge in [-0.2, -0.15) is 0 Å². The molecule has 0 spiro atoms. The van der Waals surface area contributed by atoms with Gasteiger partial charge in [0.2, 0.25) is 10.0 Å². The Morgan fingerprint density at radius 2 is 1.95 bits per heavy atom. The Morgan fingerprint density at radius 1 is 1.24 bits per heavy atom. The van der Waals surface area contributed by atoms with Gasteiger partial charge < -0.3 is 4.74 Å². The van der Waals surface area contributed by atoms with Gasteiger partial charge in [0.25, 0.3) is 0 Å². The number of hydrogen-bond acceptors (Lipinski definition) is 4.